The fraction of sp³-hybridized carbons (Fsp3) is 0.951. The Morgan fingerprint density at radius 1 is 0.700 bits per heavy atom. The number of aliphatic hydroxyl groups is 5. The van der Waals surface area contributed by atoms with Crippen LogP contribution in [0.4, 0.5) is 0 Å². The average molecular weight is 705 g/mol. The zero-order chi connectivity index (χ0) is 36.3. The standard InChI is InChI=1S/C41H68O9/c1-21(2)23-12-15-38(6)18-19-40(8)24(29(23)38)10-11-27-39(7)16-14-28(37(4,5)26(39)13-17-41(27,40)9)49-36-34(32(45)30(43)22(3)48-36)50-35-33(46)31(44)25(42)20-47-35/h22-36,42-46H,1,10-20H2,2-9H3/t22-,23+,24-,25+,26+,27-,28+,29-,30-,31+,32+,33-,34-,35+,36+,38-,39+,40-,41-/m1/s1. The van der Waals surface area contributed by atoms with Crippen LogP contribution in [0.5, 0.6) is 0 Å². The van der Waals surface area contributed by atoms with Gasteiger partial charge in [0.2, 0.25) is 0 Å². The van der Waals surface area contributed by atoms with Gasteiger partial charge in [-0.15, -0.1) is 0 Å². The van der Waals surface area contributed by atoms with E-state index in [1.807, 2.05) is 0 Å². The maximum Gasteiger partial charge on any atom is 0.187 e. The maximum atomic E-state index is 11.2. The number of fused-ring (bicyclic) bond motifs is 7. The van der Waals surface area contributed by atoms with Gasteiger partial charge in [0.25, 0.3) is 0 Å². The van der Waals surface area contributed by atoms with Crippen molar-refractivity contribution in [3.05, 3.63) is 12.2 Å². The third-order valence-electron chi connectivity index (χ3n) is 17.3. The summed E-state index contributed by atoms with van der Waals surface area (Å²) in [5.74, 6) is 3.23. The van der Waals surface area contributed by atoms with Crippen LogP contribution in [-0.4, -0.2) is 93.6 Å². The van der Waals surface area contributed by atoms with E-state index < -0.39 is 55.3 Å². The molecule has 0 bridgehead atoms. The summed E-state index contributed by atoms with van der Waals surface area (Å²) in [6.07, 6.45) is 0.924. The molecule has 5 aliphatic carbocycles. The number of hydrogen-bond donors (Lipinski definition) is 5. The van der Waals surface area contributed by atoms with Gasteiger partial charge < -0.3 is 44.5 Å². The lowest BCUT2D eigenvalue weighted by Gasteiger charge is -2.73. The first-order valence-electron chi connectivity index (χ1n) is 19.9. The van der Waals surface area contributed by atoms with Gasteiger partial charge >= 0.3 is 0 Å². The van der Waals surface area contributed by atoms with Gasteiger partial charge in [-0.05, 0) is 135 Å². The number of aliphatic hydroxyl groups excluding tert-OH is 5. The molecule has 0 spiro atoms. The van der Waals surface area contributed by atoms with Crippen molar-refractivity contribution in [2.75, 3.05) is 6.61 Å². The van der Waals surface area contributed by atoms with E-state index in [1.165, 1.54) is 50.5 Å². The first-order valence-corrected chi connectivity index (χ1v) is 19.9. The van der Waals surface area contributed by atoms with Gasteiger partial charge in [0.05, 0.1) is 18.8 Å². The van der Waals surface area contributed by atoms with E-state index >= 15 is 0 Å². The number of ether oxygens (including phenoxy) is 4. The molecule has 9 heteroatoms. The van der Waals surface area contributed by atoms with Crippen molar-refractivity contribution in [1.29, 1.82) is 0 Å². The lowest BCUT2D eigenvalue weighted by molar-refractivity contribution is -0.367. The monoisotopic (exact) mass is 704 g/mol. The summed E-state index contributed by atoms with van der Waals surface area (Å²) in [6.45, 7) is 23.5. The second kappa shape index (κ2) is 12.7. The predicted octanol–water partition coefficient (Wildman–Crippen LogP) is 5.34. The molecule has 0 radical (unpaired) electrons. The third kappa shape index (κ3) is 5.40. The topological polar surface area (TPSA) is 138 Å². The zero-order valence-electron chi connectivity index (χ0n) is 32.0. The Labute approximate surface area is 300 Å². The predicted molar refractivity (Wildman–Crippen MR) is 188 cm³/mol. The minimum absolute atomic E-state index is 0.165. The van der Waals surface area contributed by atoms with Crippen LogP contribution in [0.2, 0.25) is 0 Å². The first kappa shape index (κ1) is 37.7. The van der Waals surface area contributed by atoms with Crippen LogP contribution in [0.1, 0.15) is 120 Å². The van der Waals surface area contributed by atoms with E-state index in [0.29, 0.717) is 28.6 Å². The Kier molecular flexibility index (Phi) is 9.59. The molecule has 0 aromatic rings. The number of hydrogen-bond acceptors (Lipinski definition) is 9. The van der Waals surface area contributed by atoms with Gasteiger partial charge in [0, 0.05) is 0 Å². The molecule has 5 saturated carbocycles. The van der Waals surface area contributed by atoms with Crippen molar-refractivity contribution in [3.8, 4) is 0 Å². The van der Waals surface area contributed by atoms with Crippen LogP contribution in [0.15, 0.2) is 12.2 Å². The molecular weight excluding hydrogens is 636 g/mol. The van der Waals surface area contributed by atoms with Crippen molar-refractivity contribution in [3.63, 3.8) is 0 Å². The Bertz CT molecular complexity index is 1290. The van der Waals surface area contributed by atoms with Gasteiger partial charge in [-0.3, -0.25) is 0 Å². The molecule has 2 aliphatic heterocycles. The minimum Gasteiger partial charge on any atom is -0.388 e. The fourth-order valence-electron chi connectivity index (χ4n) is 14.2. The molecule has 7 aliphatic rings. The van der Waals surface area contributed by atoms with Crippen molar-refractivity contribution in [2.45, 2.75) is 181 Å². The molecule has 7 fully saturated rings. The summed E-state index contributed by atoms with van der Waals surface area (Å²) in [5.41, 5.74) is 2.39. The molecule has 2 heterocycles. The van der Waals surface area contributed by atoms with E-state index in [0.717, 1.165) is 31.1 Å². The van der Waals surface area contributed by atoms with Crippen molar-refractivity contribution in [1.82, 2.24) is 0 Å². The number of rotatable bonds is 5. The normalized spacial score (nSPS) is 57.6. The summed E-state index contributed by atoms with van der Waals surface area (Å²) in [4.78, 5) is 0. The van der Waals surface area contributed by atoms with Gasteiger partial charge in [0.15, 0.2) is 12.6 Å². The van der Waals surface area contributed by atoms with E-state index in [1.54, 1.807) is 6.92 Å². The van der Waals surface area contributed by atoms with Crippen LogP contribution < -0.4 is 0 Å². The van der Waals surface area contributed by atoms with Crippen LogP contribution in [0, 0.1) is 56.7 Å². The van der Waals surface area contributed by atoms with E-state index in [-0.39, 0.29) is 29.0 Å². The Balaban J connectivity index is 1.12. The van der Waals surface area contributed by atoms with Gasteiger partial charge in [0.1, 0.15) is 36.6 Å². The molecule has 9 nitrogen and oxygen atoms in total. The summed E-state index contributed by atoms with van der Waals surface area (Å²) < 4.78 is 24.6. The largest absolute Gasteiger partial charge is 0.388 e. The third-order valence-corrected chi connectivity index (χ3v) is 17.3. The van der Waals surface area contributed by atoms with Crippen LogP contribution >= 0.6 is 0 Å². The molecule has 2 saturated heterocycles. The lowest BCUT2D eigenvalue weighted by Crippen LogP contribution is -2.67. The molecular formula is C41H68O9. The van der Waals surface area contributed by atoms with E-state index in [2.05, 4.69) is 55.0 Å². The smallest absolute Gasteiger partial charge is 0.187 e. The molecule has 286 valence electrons. The van der Waals surface area contributed by atoms with Gasteiger partial charge in [-0.25, -0.2) is 0 Å². The molecule has 0 amide bonds. The zero-order valence-corrected chi connectivity index (χ0v) is 32.0. The second-order valence-corrected chi connectivity index (χ2v) is 19.9. The van der Waals surface area contributed by atoms with Crippen LogP contribution in [0.3, 0.4) is 0 Å². The molecule has 19 atom stereocenters. The highest BCUT2D eigenvalue weighted by molar-refractivity contribution is 5.21. The molecule has 7 rings (SSSR count). The molecule has 0 unspecified atom stereocenters. The summed E-state index contributed by atoms with van der Waals surface area (Å²) >= 11 is 0. The van der Waals surface area contributed by atoms with Crippen molar-refractivity contribution < 1.29 is 44.5 Å². The Morgan fingerprint density at radius 3 is 2.12 bits per heavy atom. The summed E-state index contributed by atoms with van der Waals surface area (Å²) in [5, 5.41) is 52.8. The fourth-order valence-corrected chi connectivity index (χ4v) is 14.2. The van der Waals surface area contributed by atoms with Gasteiger partial charge in [-0.1, -0.05) is 53.7 Å². The minimum atomic E-state index is -1.54. The average Bonchev–Trinajstić information content (AvgIpc) is 3.41. The molecule has 0 aromatic carbocycles. The molecule has 50 heavy (non-hydrogen) atoms. The highest BCUT2D eigenvalue weighted by atomic mass is 16.8. The second-order valence-electron chi connectivity index (χ2n) is 19.9. The SMILES string of the molecule is C=C(C)[C@@H]1CC[C@]2(C)CC[C@]3(C)[C@H](CC[C@@H]4[C@@]5(C)CC[C@H](O[C@@H]6O[C@H](C)[C@@H](O)[C@H](O)[C@H]6O[C@@H]6OC[C@H](O)[C@H](O)[C@H]6O)C(C)(C)[C@@H]5CC[C@]43C)[C@@H]12. The lowest BCUT2D eigenvalue weighted by atomic mass is 9.32. The Hall–Kier alpha value is -0.620. The van der Waals surface area contributed by atoms with E-state index in [4.69, 9.17) is 18.9 Å². The first-order chi connectivity index (χ1) is 23.3. The van der Waals surface area contributed by atoms with Crippen molar-refractivity contribution in [2.24, 2.45) is 56.7 Å². The molecule has 0 aromatic heterocycles. The van der Waals surface area contributed by atoms with E-state index in [9.17, 15) is 25.5 Å². The number of allylic oxidation sites excluding steroid dienone is 1. The highest BCUT2D eigenvalue weighted by Crippen LogP contribution is 2.77. The summed E-state index contributed by atoms with van der Waals surface area (Å²) in [6, 6.07) is 0. The molecule has 5 N–H and O–H groups in total. The van der Waals surface area contributed by atoms with Gasteiger partial charge in [-0.2, -0.15) is 0 Å². The highest BCUT2D eigenvalue weighted by Gasteiger charge is 2.70. The quantitative estimate of drug-likeness (QED) is 0.190. The summed E-state index contributed by atoms with van der Waals surface area (Å²) in [7, 11) is 0. The van der Waals surface area contributed by atoms with Crippen LogP contribution in [0.25, 0.3) is 0 Å². The van der Waals surface area contributed by atoms with Crippen LogP contribution in [-0.2, 0) is 18.9 Å². The maximum absolute atomic E-state index is 11.2. The van der Waals surface area contributed by atoms with Crippen molar-refractivity contribution >= 4 is 0 Å². The Morgan fingerprint density at radius 2 is 1.42 bits per heavy atom.